The number of rotatable bonds is 2. The van der Waals surface area contributed by atoms with E-state index in [0.29, 0.717) is 11.0 Å². The highest BCUT2D eigenvalue weighted by Crippen LogP contribution is 2.31. The Hall–Kier alpha value is -2.01. The first kappa shape index (κ1) is 13.0. The van der Waals surface area contributed by atoms with Gasteiger partial charge in [0.05, 0.1) is 5.39 Å². The van der Waals surface area contributed by atoms with Crippen molar-refractivity contribution in [3.05, 3.63) is 41.6 Å². The first-order valence-corrected chi connectivity index (χ1v) is 7.60. The van der Waals surface area contributed by atoms with E-state index in [1.165, 1.54) is 11.8 Å². The molecule has 0 atom stereocenters. The zero-order valence-electron chi connectivity index (χ0n) is 11.7. The van der Waals surface area contributed by atoms with Crippen LogP contribution in [0.25, 0.3) is 16.7 Å². The zero-order valence-corrected chi connectivity index (χ0v) is 12.5. The van der Waals surface area contributed by atoms with Crippen LogP contribution >= 0.6 is 11.8 Å². The van der Waals surface area contributed by atoms with Gasteiger partial charge in [0.1, 0.15) is 5.82 Å². The number of para-hydroxylation sites is 1. The van der Waals surface area contributed by atoms with Crippen LogP contribution in [0.2, 0.25) is 0 Å². The van der Waals surface area contributed by atoms with Crippen LogP contribution in [0.5, 0.6) is 0 Å². The van der Waals surface area contributed by atoms with Crippen molar-refractivity contribution in [3.8, 4) is 5.69 Å². The largest absolute Gasteiger partial charge is 0.383 e. The van der Waals surface area contributed by atoms with Gasteiger partial charge in [0.25, 0.3) is 0 Å². The number of nitrogens with zero attached hydrogens (tertiary/aromatic N) is 3. The fraction of sp³-hybridized carbons (Fsp3) is 0.200. The van der Waals surface area contributed by atoms with Crippen molar-refractivity contribution >= 4 is 28.6 Å². The lowest BCUT2D eigenvalue weighted by Crippen LogP contribution is -2.00. The molecule has 4 nitrogen and oxygen atoms in total. The van der Waals surface area contributed by atoms with Gasteiger partial charge in [-0.1, -0.05) is 30.0 Å². The van der Waals surface area contributed by atoms with E-state index in [0.717, 1.165) is 28.0 Å². The molecule has 0 spiro atoms. The Labute approximate surface area is 122 Å². The number of nitrogens with two attached hydrogens (primary N) is 1. The van der Waals surface area contributed by atoms with E-state index in [4.69, 9.17) is 5.73 Å². The fourth-order valence-corrected chi connectivity index (χ4v) is 2.83. The quantitative estimate of drug-likeness (QED) is 0.579. The monoisotopic (exact) mass is 284 g/mol. The lowest BCUT2D eigenvalue weighted by atomic mass is 10.2. The molecule has 1 aromatic carbocycles. The van der Waals surface area contributed by atoms with Crippen LogP contribution in [0, 0.1) is 13.8 Å². The average Bonchev–Trinajstić information content (AvgIpc) is 2.72. The van der Waals surface area contributed by atoms with Crippen molar-refractivity contribution in [3.63, 3.8) is 0 Å². The Morgan fingerprint density at radius 3 is 2.45 bits per heavy atom. The minimum absolute atomic E-state index is 0.551. The lowest BCUT2D eigenvalue weighted by Gasteiger charge is -2.08. The van der Waals surface area contributed by atoms with E-state index in [9.17, 15) is 0 Å². The predicted molar refractivity (Wildman–Crippen MR) is 84.5 cm³/mol. The Morgan fingerprint density at radius 1 is 1.10 bits per heavy atom. The van der Waals surface area contributed by atoms with Gasteiger partial charge in [-0.3, -0.25) is 4.57 Å². The molecular formula is C15H16N4S. The van der Waals surface area contributed by atoms with Crippen LogP contribution in [-0.2, 0) is 0 Å². The molecule has 3 aromatic rings. The molecule has 0 saturated heterocycles. The maximum absolute atomic E-state index is 6.12. The second kappa shape index (κ2) is 4.83. The standard InChI is InChI=1S/C15H16N4S/c1-9-10(2)19(11-7-5-4-6-8-11)14-12(9)13(16)17-15(18-14)20-3/h4-8H,1-3H3,(H2,16,17,18). The average molecular weight is 284 g/mol. The van der Waals surface area contributed by atoms with Crippen molar-refractivity contribution in [1.82, 2.24) is 14.5 Å². The molecule has 0 amide bonds. The van der Waals surface area contributed by atoms with Crippen molar-refractivity contribution < 1.29 is 0 Å². The number of fused-ring (bicyclic) bond motifs is 1. The van der Waals surface area contributed by atoms with Gasteiger partial charge in [-0.05, 0) is 37.8 Å². The minimum atomic E-state index is 0.551. The highest BCUT2D eigenvalue weighted by Gasteiger charge is 2.17. The minimum Gasteiger partial charge on any atom is -0.383 e. The summed E-state index contributed by atoms with van der Waals surface area (Å²) in [7, 11) is 0. The van der Waals surface area contributed by atoms with Crippen LogP contribution in [0.15, 0.2) is 35.5 Å². The van der Waals surface area contributed by atoms with E-state index < -0.39 is 0 Å². The number of aromatic nitrogens is 3. The molecule has 102 valence electrons. The summed E-state index contributed by atoms with van der Waals surface area (Å²) in [6, 6.07) is 10.2. The third-order valence-corrected chi connectivity index (χ3v) is 4.11. The molecule has 5 heteroatoms. The molecule has 2 aromatic heterocycles. The maximum Gasteiger partial charge on any atom is 0.191 e. The summed E-state index contributed by atoms with van der Waals surface area (Å²) in [6.45, 7) is 4.15. The van der Waals surface area contributed by atoms with E-state index in [2.05, 4.69) is 40.5 Å². The van der Waals surface area contributed by atoms with Crippen LogP contribution < -0.4 is 5.73 Å². The van der Waals surface area contributed by atoms with Gasteiger partial charge >= 0.3 is 0 Å². The number of hydrogen-bond donors (Lipinski definition) is 1. The van der Waals surface area contributed by atoms with Gasteiger partial charge in [-0.15, -0.1) is 0 Å². The smallest absolute Gasteiger partial charge is 0.191 e. The van der Waals surface area contributed by atoms with Crippen LogP contribution in [0.1, 0.15) is 11.3 Å². The van der Waals surface area contributed by atoms with Crippen molar-refractivity contribution in [2.75, 3.05) is 12.0 Å². The molecule has 0 radical (unpaired) electrons. The number of anilines is 1. The van der Waals surface area contributed by atoms with Crippen LogP contribution in [0.3, 0.4) is 0 Å². The van der Waals surface area contributed by atoms with Gasteiger partial charge in [0.15, 0.2) is 10.8 Å². The van der Waals surface area contributed by atoms with Gasteiger partial charge in [-0.25, -0.2) is 9.97 Å². The summed E-state index contributed by atoms with van der Waals surface area (Å²) in [6.07, 6.45) is 1.95. The van der Waals surface area contributed by atoms with Gasteiger partial charge < -0.3 is 5.73 Å². The molecule has 2 N–H and O–H groups in total. The summed E-state index contributed by atoms with van der Waals surface area (Å²) >= 11 is 1.50. The molecule has 0 unspecified atom stereocenters. The Kier molecular flexibility index (Phi) is 3.14. The fourth-order valence-electron chi connectivity index (χ4n) is 2.46. The number of aryl methyl sites for hydroxylation is 1. The van der Waals surface area contributed by atoms with Gasteiger partial charge in [0.2, 0.25) is 0 Å². The summed E-state index contributed by atoms with van der Waals surface area (Å²) in [5, 5.41) is 1.65. The third kappa shape index (κ3) is 1.86. The summed E-state index contributed by atoms with van der Waals surface area (Å²) < 4.78 is 2.14. The van der Waals surface area contributed by atoms with Crippen molar-refractivity contribution in [2.45, 2.75) is 19.0 Å². The molecule has 0 aliphatic carbocycles. The van der Waals surface area contributed by atoms with Crippen LogP contribution in [-0.4, -0.2) is 20.8 Å². The molecule has 2 heterocycles. The third-order valence-electron chi connectivity index (χ3n) is 3.56. The topological polar surface area (TPSA) is 56.7 Å². The first-order chi connectivity index (χ1) is 9.63. The first-order valence-electron chi connectivity index (χ1n) is 6.38. The molecule has 3 rings (SSSR count). The van der Waals surface area contributed by atoms with E-state index in [1.807, 2.05) is 24.5 Å². The Balaban J connectivity index is 2.43. The maximum atomic E-state index is 6.12. The van der Waals surface area contributed by atoms with E-state index in [-0.39, 0.29) is 0 Å². The second-order valence-electron chi connectivity index (χ2n) is 4.68. The highest BCUT2D eigenvalue weighted by molar-refractivity contribution is 7.98. The molecule has 0 fully saturated rings. The number of hydrogen-bond acceptors (Lipinski definition) is 4. The SMILES string of the molecule is CSc1nc(N)c2c(C)c(C)n(-c3ccccc3)c2n1. The van der Waals surface area contributed by atoms with Crippen LogP contribution in [0.4, 0.5) is 5.82 Å². The molecule has 0 bridgehead atoms. The van der Waals surface area contributed by atoms with Gasteiger partial charge in [-0.2, -0.15) is 0 Å². The summed E-state index contributed by atoms with van der Waals surface area (Å²) in [5.41, 5.74) is 10.4. The Morgan fingerprint density at radius 2 is 1.80 bits per heavy atom. The number of thioether (sulfide) groups is 1. The molecule has 0 aliphatic heterocycles. The number of benzene rings is 1. The van der Waals surface area contributed by atoms with Crippen molar-refractivity contribution in [2.24, 2.45) is 0 Å². The van der Waals surface area contributed by atoms with E-state index in [1.54, 1.807) is 0 Å². The normalized spacial score (nSPS) is 11.2. The molecule has 20 heavy (non-hydrogen) atoms. The molecule has 0 saturated carbocycles. The molecular weight excluding hydrogens is 268 g/mol. The Bertz CT molecular complexity index is 778. The predicted octanol–water partition coefficient (Wildman–Crippen LogP) is 3.34. The zero-order chi connectivity index (χ0) is 14.3. The molecule has 0 aliphatic rings. The summed E-state index contributed by atoms with van der Waals surface area (Å²) in [4.78, 5) is 8.99. The highest BCUT2D eigenvalue weighted by atomic mass is 32.2. The van der Waals surface area contributed by atoms with E-state index >= 15 is 0 Å². The summed E-state index contributed by atoms with van der Waals surface area (Å²) in [5.74, 6) is 0.551. The van der Waals surface area contributed by atoms with Gasteiger partial charge in [0, 0.05) is 11.4 Å². The number of nitrogen functional groups attached to an aromatic ring is 1. The lowest BCUT2D eigenvalue weighted by molar-refractivity contribution is 0.958. The second-order valence-corrected chi connectivity index (χ2v) is 5.45. The van der Waals surface area contributed by atoms with Crippen molar-refractivity contribution in [1.29, 1.82) is 0 Å².